The molecule has 1 atom stereocenters. The van der Waals surface area contributed by atoms with Gasteiger partial charge in [0.2, 0.25) is 0 Å². The van der Waals surface area contributed by atoms with E-state index in [4.69, 9.17) is 9.41 Å². The number of halogens is 1. The molecule has 2 aliphatic rings. The molecule has 4 rings (SSSR count). The summed E-state index contributed by atoms with van der Waals surface area (Å²) in [7, 11) is 0. The highest BCUT2D eigenvalue weighted by atomic mass is 127. The van der Waals surface area contributed by atoms with E-state index in [0.29, 0.717) is 6.04 Å². The van der Waals surface area contributed by atoms with Gasteiger partial charge in [-0.3, -0.25) is 9.89 Å². The van der Waals surface area contributed by atoms with Gasteiger partial charge in [-0.1, -0.05) is 6.07 Å². The lowest BCUT2D eigenvalue weighted by atomic mass is 10.2. The standard InChI is InChI=1S/C21H30N4OS.HI/c1-2-13-24(12-1)18-9-14-25(17-18)21(22-10-7-19-5-3-15-26-19)23-11-8-20-6-4-16-27-20;/h3-6,15-16,18H,1-2,7-14,17H2,(H,22,23);1H. The van der Waals surface area contributed by atoms with Crippen LogP contribution in [0.1, 0.15) is 29.9 Å². The van der Waals surface area contributed by atoms with Gasteiger partial charge in [-0.25, -0.2) is 0 Å². The zero-order chi connectivity index (χ0) is 18.3. The van der Waals surface area contributed by atoms with E-state index >= 15 is 0 Å². The molecule has 2 fully saturated rings. The molecule has 0 amide bonds. The van der Waals surface area contributed by atoms with Crippen molar-refractivity contribution in [3.05, 3.63) is 46.5 Å². The number of thiophene rings is 1. The Kier molecular flexibility index (Phi) is 8.66. The molecule has 0 bridgehead atoms. The first-order valence-electron chi connectivity index (χ1n) is 10.2. The monoisotopic (exact) mass is 514 g/mol. The minimum atomic E-state index is 0. The lowest BCUT2D eigenvalue weighted by molar-refractivity contribution is 0.249. The van der Waals surface area contributed by atoms with Gasteiger partial charge < -0.3 is 14.6 Å². The summed E-state index contributed by atoms with van der Waals surface area (Å²) in [6.07, 6.45) is 7.63. The summed E-state index contributed by atoms with van der Waals surface area (Å²) in [5.41, 5.74) is 0. The first kappa shape index (κ1) is 21.6. The number of rotatable bonds is 7. The summed E-state index contributed by atoms with van der Waals surface area (Å²) >= 11 is 1.82. The predicted molar refractivity (Wildman–Crippen MR) is 127 cm³/mol. The Morgan fingerprint density at radius 1 is 1.18 bits per heavy atom. The van der Waals surface area contributed by atoms with Gasteiger partial charge in [0.05, 0.1) is 6.26 Å². The molecule has 1 N–H and O–H groups in total. The van der Waals surface area contributed by atoms with Gasteiger partial charge in [0.15, 0.2) is 5.96 Å². The van der Waals surface area contributed by atoms with E-state index in [0.717, 1.165) is 50.7 Å². The average Bonchev–Trinajstić information content (AvgIpc) is 3.49. The molecule has 2 aromatic heterocycles. The van der Waals surface area contributed by atoms with Crippen molar-refractivity contribution in [2.45, 2.75) is 38.1 Å². The van der Waals surface area contributed by atoms with Crippen molar-refractivity contribution >= 4 is 41.3 Å². The summed E-state index contributed by atoms with van der Waals surface area (Å²) in [6, 6.07) is 9.00. The molecule has 154 valence electrons. The number of nitrogens with one attached hydrogen (secondary N) is 1. The van der Waals surface area contributed by atoms with E-state index in [1.54, 1.807) is 6.26 Å². The number of aliphatic imine (C=N–C) groups is 1. The molecule has 2 aliphatic heterocycles. The molecule has 7 heteroatoms. The average molecular weight is 514 g/mol. The van der Waals surface area contributed by atoms with Crippen LogP contribution in [0.2, 0.25) is 0 Å². The van der Waals surface area contributed by atoms with Crippen LogP contribution in [0.5, 0.6) is 0 Å². The maximum Gasteiger partial charge on any atom is 0.194 e. The van der Waals surface area contributed by atoms with Crippen LogP contribution in [0.3, 0.4) is 0 Å². The fourth-order valence-corrected chi connectivity index (χ4v) is 4.78. The van der Waals surface area contributed by atoms with Crippen LogP contribution < -0.4 is 5.32 Å². The maximum absolute atomic E-state index is 5.46. The Morgan fingerprint density at radius 2 is 2.07 bits per heavy atom. The van der Waals surface area contributed by atoms with Crippen LogP contribution in [0, 0.1) is 0 Å². The quantitative estimate of drug-likeness (QED) is 0.346. The Bertz CT molecular complexity index is 698. The molecule has 1 unspecified atom stereocenters. The van der Waals surface area contributed by atoms with Gasteiger partial charge >= 0.3 is 0 Å². The molecule has 0 aromatic carbocycles. The number of likely N-dealkylation sites (tertiary alicyclic amines) is 2. The van der Waals surface area contributed by atoms with Crippen LogP contribution >= 0.6 is 35.3 Å². The zero-order valence-corrected chi connectivity index (χ0v) is 19.5. The molecule has 5 nitrogen and oxygen atoms in total. The smallest absolute Gasteiger partial charge is 0.194 e. The van der Waals surface area contributed by atoms with Gasteiger partial charge in [-0.15, -0.1) is 35.3 Å². The third kappa shape index (κ3) is 5.97. The SMILES string of the molecule is I.c1coc(CCNC(=NCCc2cccs2)N2CCC(N3CCCC3)C2)c1. The molecule has 4 heterocycles. The van der Waals surface area contributed by atoms with Gasteiger partial charge in [-0.05, 0) is 55.9 Å². The predicted octanol–water partition coefficient (Wildman–Crippen LogP) is 3.86. The van der Waals surface area contributed by atoms with Crippen LogP contribution in [0.15, 0.2) is 45.3 Å². The second kappa shape index (κ2) is 11.2. The Morgan fingerprint density at radius 3 is 2.82 bits per heavy atom. The van der Waals surface area contributed by atoms with Crippen LogP contribution in [-0.4, -0.2) is 61.1 Å². The van der Waals surface area contributed by atoms with Crippen molar-refractivity contribution in [1.82, 2.24) is 15.1 Å². The summed E-state index contributed by atoms with van der Waals surface area (Å²) in [5, 5.41) is 5.73. The van der Waals surface area contributed by atoms with Gasteiger partial charge in [-0.2, -0.15) is 0 Å². The fourth-order valence-electron chi connectivity index (χ4n) is 4.09. The summed E-state index contributed by atoms with van der Waals surface area (Å²) in [4.78, 5) is 11.5. The molecule has 0 aliphatic carbocycles. The van der Waals surface area contributed by atoms with Gasteiger partial charge in [0, 0.05) is 49.9 Å². The van der Waals surface area contributed by atoms with E-state index in [1.165, 1.54) is 37.2 Å². The van der Waals surface area contributed by atoms with E-state index in [9.17, 15) is 0 Å². The summed E-state index contributed by atoms with van der Waals surface area (Å²) < 4.78 is 5.46. The summed E-state index contributed by atoms with van der Waals surface area (Å²) in [6.45, 7) is 6.45. The van der Waals surface area contributed by atoms with Crippen LogP contribution in [0.4, 0.5) is 0 Å². The van der Waals surface area contributed by atoms with Crippen molar-refractivity contribution in [2.24, 2.45) is 4.99 Å². The van der Waals surface area contributed by atoms with E-state index in [-0.39, 0.29) is 24.0 Å². The summed E-state index contributed by atoms with van der Waals surface area (Å²) in [5.74, 6) is 2.09. The highest BCUT2D eigenvalue weighted by Gasteiger charge is 2.30. The van der Waals surface area contributed by atoms with Crippen molar-refractivity contribution < 1.29 is 4.42 Å². The molecule has 2 saturated heterocycles. The zero-order valence-electron chi connectivity index (χ0n) is 16.4. The first-order chi connectivity index (χ1) is 13.4. The lowest BCUT2D eigenvalue weighted by Gasteiger charge is -2.25. The molecule has 0 radical (unpaired) electrons. The highest BCUT2D eigenvalue weighted by Crippen LogP contribution is 2.20. The second-order valence-corrected chi connectivity index (χ2v) is 8.45. The number of nitrogens with zero attached hydrogens (tertiary/aromatic N) is 3. The third-order valence-electron chi connectivity index (χ3n) is 5.55. The first-order valence-corrected chi connectivity index (χ1v) is 11.1. The van der Waals surface area contributed by atoms with E-state index in [1.807, 2.05) is 23.5 Å². The second-order valence-electron chi connectivity index (χ2n) is 7.42. The van der Waals surface area contributed by atoms with Crippen molar-refractivity contribution in [2.75, 3.05) is 39.3 Å². The number of furan rings is 1. The fraction of sp³-hybridized carbons (Fsp3) is 0.571. The van der Waals surface area contributed by atoms with Crippen molar-refractivity contribution in [1.29, 1.82) is 0 Å². The van der Waals surface area contributed by atoms with Crippen molar-refractivity contribution in [3.63, 3.8) is 0 Å². The van der Waals surface area contributed by atoms with Crippen LogP contribution in [0.25, 0.3) is 0 Å². The minimum Gasteiger partial charge on any atom is -0.469 e. The minimum absolute atomic E-state index is 0. The van der Waals surface area contributed by atoms with E-state index < -0.39 is 0 Å². The molecule has 28 heavy (non-hydrogen) atoms. The maximum atomic E-state index is 5.46. The molecular weight excluding hydrogens is 483 g/mol. The highest BCUT2D eigenvalue weighted by molar-refractivity contribution is 14.0. The molecular formula is C21H31IN4OS. The van der Waals surface area contributed by atoms with E-state index in [2.05, 4.69) is 32.6 Å². The Hall–Kier alpha value is -1.06. The Labute approximate surface area is 189 Å². The normalized spacial score (nSPS) is 20.5. The number of guanidine groups is 1. The molecule has 0 spiro atoms. The largest absolute Gasteiger partial charge is 0.469 e. The number of hydrogen-bond donors (Lipinski definition) is 1. The third-order valence-corrected chi connectivity index (χ3v) is 6.49. The van der Waals surface area contributed by atoms with Gasteiger partial charge in [0.1, 0.15) is 5.76 Å². The Balaban J connectivity index is 0.00000225. The van der Waals surface area contributed by atoms with Crippen LogP contribution in [-0.2, 0) is 12.8 Å². The lowest BCUT2D eigenvalue weighted by Crippen LogP contribution is -2.43. The molecule has 0 saturated carbocycles. The number of hydrogen-bond acceptors (Lipinski definition) is 4. The molecule has 2 aromatic rings. The van der Waals surface area contributed by atoms with Crippen molar-refractivity contribution in [3.8, 4) is 0 Å². The topological polar surface area (TPSA) is 44.0 Å². The van der Waals surface area contributed by atoms with Gasteiger partial charge in [0.25, 0.3) is 0 Å².